The van der Waals surface area contributed by atoms with E-state index in [1.54, 1.807) is 13.1 Å². The van der Waals surface area contributed by atoms with Crippen molar-refractivity contribution >= 4 is 5.82 Å². The monoisotopic (exact) mass is 230 g/mol. The molecule has 0 unspecified atom stereocenters. The molecular formula is C14H18N2O. The van der Waals surface area contributed by atoms with Crippen LogP contribution in [0.1, 0.15) is 31.4 Å². The lowest BCUT2D eigenvalue weighted by molar-refractivity contribution is 0.199. The van der Waals surface area contributed by atoms with Crippen LogP contribution in [-0.2, 0) is 0 Å². The maximum Gasteiger partial charge on any atom is 0.129 e. The predicted octanol–water partition coefficient (Wildman–Crippen LogP) is 1.98. The van der Waals surface area contributed by atoms with Gasteiger partial charge in [0.25, 0.3) is 0 Å². The normalized spacial score (nSPS) is 16.3. The highest BCUT2D eigenvalue weighted by atomic mass is 16.3. The van der Waals surface area contributed by atoms with E-state index in [1.165, 1.54) is 12.8 Å². The zero-order valence-corrected chi connectivity index (χ0v) is 10.1. The van der Waals surface area contributed by atoms with Gasteiger partial charge in [0.1, 0.15) is 5.82 Å². The van der Waals surface area contributed by atoms with Gasteiger partial charge in [0.2, 0.25) is 0 Å². The second-order valence-corrected chi connectivity index (χ2v) is 4.65. The van der Waals surface area contributed by atoms with Crippen molar-refractivity contribution in [3.63, 3.8) is 0 Å². The average Bonchev–Trinajstić information content (AvgIpc) is 3.13. The number of rotatable bonds is 5. The van der Waals surface area contributed by atoms with E-state index < -0.39 is 6.10 Å². The molecule has 1 saturated carbocycles. The van der Waals surface area contributed by atoms with E-state index >= 15 is 0 Å². The first kappa shape index (κ1) is 11.9. The first-order valence-electron chi connectivity index (χ1n) is 6.03. The fraction of sp³-hybridized carbons (Fsp3) is 0.500. The molecule has 1 fully saturated rings. The van der Waals surface area contributed by atoms with Crippen LogP contribution in [0.25, 0.3) is 0 Å². The summed E-state index contributed by atoms with van der Waals surface area (Å²) in [6, 6.07) is 3.84. The van der Waals surface area contributed by atoms with Crippen LogP contribution in [0.5, 0.6) is 0 Å². The van der Waals surface area contributed by atoms with Crippen LogP contribution in [0, 0.1) is 18.3 Å². The number of pyridine rings is 1. The Morgan fingerprint density at radius 1 is 1.59 bits per heavy atom. The van der Waals surface area contributed by atoms with Crippen molar-refractivity contribution in [1.29, 1.82) is 0 Å². The van der Waals surface area contributed by atoms with Crippen molar-refractivity contribution in [2.75, 3.05) is 18.0 Å². The van der Waals surface area contributed by atoms with Crippen LogP contribution in [0.2, 0.25) is 0 Å². The molecule has 0 bridgehead atoms. The van der Waals surface area contributed by atoms with Crippen LogP contribution in [0.15, 0.2) is 18.3 Å². The van der Waals surface area contributed by atoms with Crippen molar-refractivity contribution in [3.8, 4) is 12.3 Å². The smallest absolute Gasteiger partial charge is 0.129 e. The van der Waals surface area contributed by atoms with Gasteiger partial charge in [-0.15, -0.1) is 6.42 Å². The Labute approximate surface area is 102 Å². The zero-order chi connectivity index (χ0) is 12.3. The molecule has 90 valence electrons. The van der Waals surface area contributed by atoms with Gasteiger partial charge in [-0.2, -0.15) is 0 Å². The third kappa shape index (κ3) is 3.21. The molecule has 0 amide bonds. The Balaban J connectivity index is 2.08. The van der Waals surface area contributed by atoms with Gasteiger partial charge in [-0.05, 0) is 37.3 Å². The third-order valence-corrected chi connectivity index (χ3v) is 3.03. The summed E-state index contributed by atoms with van der Waals surface area (Å²) >= 11 is 0. The Bertz CT molecular complexity index is 401. The van der Waals surface area contributed by atoms with Crippen LogP contribution < -0.4 is 4.90 Å². The van der Waals surface area contributed by atoms with E-state index in [1.807, 2.05) is 12.1 Å². The summed E-state index contributed by atoms with van der Waals surface area (Å²) in [6.07, 6.45) is 9.23. The van der Waals surface area contributed by atoms with Gasteiger partial charge in [-0.3, -0.25) is 0 Å². The molecule has 0 saturated heterocycles. The summed E-state index contributed by atoms with van der Waals surface area (Å²) in [6.45, 7) is 3.32. The van der Waals surface area contributed by atoms with Gasteiger partial charge >= 0.3 is 0 Å². The molecular weight excluding hydrogens is 212 g/mol. The number of aromatic nitrogens is 1. The molecule has 0 radical (unpaired) electrons. The second kappa shape index (κ2) is 5.20. The minimum atomic E-state index is -0.471. The maximum absolute atomic E-state index is 9.43. The van der Waals surface area contributed by atoms with Crippen LogP contribution in [0.4, 0.5) is 5.82 Å². The minimum absolute atomic E-state index is 0.471. The van der Waals surface area contributed by atoms with Crippen molar-refractivity contribution in [1.82, 2.24) is 4.98 Å². The summed E-state index contributed by atoms with van der Waals surface area (Å²) in [5.74, 6) is 4.35. The standard InChI is InChI=1S/C14H18N2O/c1-3-8-16(10-12-4-5-12)14-7-6-13(9-15-14)11(2)17/h1,6-7,9,11-12,17H,4-5,8,10H2,2H3/t11-/m1/s1. The molecule has 0 spiro atoms. The molecule has 1 atom stereocenters. The third-order valence-electron chi connectivity index (χ3n) is 3.03. The largest absolute Gasteiger partial charge is 0.389 e. The lowest BCUT2D eigenvalue weighted by Crippen LogP contribution is -2.26. The highest BCUT2D eigenvalue weighted by molar-refractivity contribution is 5.41. The van der Waals surface area contributed by atoms with Gasteiger partial charge in [0.05, 0.1) is 12.6 Å². The topological polar surface area (TPSA) is 36.4 Å². The Hall–Kier alpha value is -1.53. The molecule has 0 aliphatic heterocycles. The van der Waals surface area contributed by atoms with E-state index in [2.05, 4.69) is 15.8 Å². The molecule has 1 heterocycles. The van der Waals surface area contributed by atoms with Crippen LogP contribution in [0.3, 0.4) is 0 Å². The fourth-order valence-electron chi connectivity index (χ4n) is 1.79. The van der Waals surface area contributed by atoms with Crippen molar-refractivity contribution < 1.29 is 5.11 Å². The van der Waals surface area contributed by atoms with Crippen molar-refractivity contribution in [2.45, 2.75) is 25.9 Å². The van der Waals surface area contributed by atoms with E-state index in [9.17, 15) is 5.11 Å². The Morgan fingerprint density at radius 3 is 2.82 bits per heavy atom. The molecule has 1 aliphatic carbocycles. The molecule has 0 aromatic carbocycles. The summed E-state index contributed by atoms with van der Waals surface area (Å²) < 4.78 is 0. The summed E-state index contributed by atoms with van der Waals surface area (Å²) in [5, 5.41) is 9.43. The molecule has 1 aliphatic rings. The second-order valence-electron chi connectivity index (χ2n) is 4.65. The number of anilines is 1. The molecule has 3 heteroatoms. The maximum atomic E-state index is 9.43. The van der Waals surface area contributed by atoms with Crippen LogP contribution >= 0.6 is 0 Å². The fourth-order valence-corrected chi connectivity index (χ4v) is 1.79. The molecule has 17 heavy (non-hydrogen) atoms. The van der Waals surface area contributed by atoms with E-state index in [0.717, 1.165) is 23.8 Å². The molecule has 1 aromatic heterocycles. The van der Waals surface area contributed by atoms with Crippen molar-refractivity contribution in [2.24, 2.45) is 5.92 Å². The minimum Gasteiger partial charge on any atom is -0.389 e. The average molecular weight is 230 g/mol. The summed E-state index contributed by atoms with van der Waals surface area (Å²) in [5.41, 5.74) is 0.834. The SMILES string of the molecule is C#CCN(CC1CC1)c1ccc([C@@H](C)O)cn1. The number of hydrogen-bond acceptors (Lipinski definition) is 3. The number of aliphatic hydroxyl groups excluding tert-OH is 1. The Kier molecular flexibility index (Phi) is 3.65. The quantitative estimate of drug-likeness (QED) is 0.786. The molecule has 2 rings (SSSR count). The number of terminal acetylenes is 1. The van der Waals surface area contributed by atoms with E-state index in [0.29, 0.717) is 6.54 Å². The molecule has 3 nitrogen and oxygen atoms in total. The molecule has 1 N–H and O–H groups in total. The van der Waals surface area contributed by atoms with Gasteiger partial charge in [0.15, 0.2) is 0 Å². The zero-order valence-electron chi connectivity index (χ0n) is 10.1. The lowest BCUT2D eigenvalue weighted by atomic mass is 10.2. The van der Waals surface area contributed by atoms with Crippen LogP contribution in [-0.4, -0.2) is 23.2 Å². The highest BCUT2D eigenvalue weighted by Crippen LogP contribution is 2.31. The van der Waals surface area contributed by atoms with Gasteiger partial charge in [0, 0.05) is 12.7 Å². The van der Waals surface area contributed by atoms with E-state index in [4.69, 9.17) is 6.42 Å². The summed E-state index contributed by atoms with van der Waals surface area (Å²) in [4.78, 5) is 6.50. The first-order valence-corrected chi connectivity index (χ1v) is 6.03. The van der Waals surface area contributed by atoms with Gasteiger partial charge in [-0.25, -0.2) is 4.98 Å². The van der Waals surface area contributed by atoms with Crippen molar-refractivity contribution in [3.05, 3.63) is 23.9 Å². The predicted molar refractivity (Wildman–Crippen MR) is 68.6 cm³/mol. The summed E-state index contributed by atoms with van der Waals surface area (Å²) in [7, 11) is 0. The lowest BCUT2D eigenvalue weighted by Gasteiger charge is -2.21. The first-order chi connectivity index (χ1) is 8.20. The molecule has 1 aromatic rings. The van der Waals surface area contributed by atoms with Gasteiger partial charge in [-0.1, -0.05) is 12.0 Å². The Morgan fingerprint density at radius 2 is 2.35 bits per heavy atom. The highest BCUT2D eigenvalue weighted by Gasteiger charge is 2.24. The number of nitrogens with zero attached hydrogens (tertiary/aromatic N) is 2. The van der Waals surface area contributed by atoms with Gasteiger partial charge < -0.3 is 10.0 Å². The number of hydrogen-bond donors (Lipinski definition) is 1. The van der Waals surface area contributed by atoms with E-state index in [-0.39, 0.29) is 0 Å². The number of aliphatic hydroxyl groups is 1.